The van der Waals surface area contributed by atoms with Gasteiger partial charge < -0.3 is 9.47 Å². The highest BCUT2D eigenvalue weighted by atomic mass is 16.5. The number of carbonyl (C=O) groups excluding carboxylic acids is 1. The Labute approximate surface area is 90.2 Å². The molecule has 1 saturated heterocycles. The number of nitriles is 1. The zero-order chi connectivity index (χ0) is 11.3. The maximum atomic E-state index is 11.3. The molecular formula is C11H17NO3. The third kappa shape index (κ3) is 3.52. The van der Waals surface area contributed by atoms with Crippen molar-refractivity contribution in [1.82, 2.24) is 0 Å². The molecule has 0 bridgehead atoms. The molecule has 0 radical (unpaired) electrons. The molecule has 0 aromatic rings. The van der Waals surface area contributed by atoms with Crippen LogP contribution in [0.25, 0.3) is 0 Å². The molecule has 0 spiro atoms. The fraction of sp³-hybridized carbons (Fsp3) is 0.818. The molecule has 4 nitrogen and oxygen atoms in total. The standard InChI is InChI=1S/C11H17NO3/c1-3-14-11(13)9(7-12)6-10-5-4-8(2)15-10/h8-10H,3-6H2,1-2H3. The molecule has 0 aromatic carbocycles. The molecule has 0 saturated carbocycles. The molecule has 3 unspecified atom stereocenters. The van der Waals surface area contributed by atoms with E-state index in [2.05, 4.69) is 0 Å². The molecule has 15 heavy (non-hydrogen) atoms. The minimum Gasteiger partial charge on any atom is -0.465 e. The molecule has 1 heterocycles. The number of carbonyl (C=O) groups is 1. The van der Waals surface area contributed by atoms with Crippen LogP contribution in [0.4, 0.5) is 0 Å². The lowest BCUT2D eigenvalue weighted by Gasteiger charge is -2.13. The summed E-state index contributed by atoms with van der Waals surface area (Å²) in [7, 11) is 0. The molecule has 3 atom stereocenters. The van der Waals surface area contributed by atoms with E-state index in [1.165, 1.54) is 0 Å². The largest absolute Gasteiger partial charge is 0.465 e. The maximum Gasteiger partial charge on any atom is 0.323 e. The summed E-state index contributed by atoms with van der Waals surface area (Å²) < 4.78 is 10.4. The van der Waals surface area contributed by atoms with Crippen LogP contribution >= 0.6 is 0 Å². The van der Waals surface area contributed by atoms with E-state index in [1.54, 1.807) is 6.92 Å². The van der Waals surface area contributed by atoms with Crippen LogP contribution in [0, 0.1) is 17.2 Å². The monoisotopic (exact) mass is 211 g/mol. The van der Waals surface area contributed by atoms with Crippen molar-refractivity contribution in [2.45, 2.75) is 45.3 Å². The van der Waals surface area contributed by atoms with E-state index in [-0.39, 0.29) is 12.2 Å². The van der Waals surface area contributed by atoms with E-state index < -0.39 is 11.9 Å². The van der Waals surface area contributed by atoms with Crippen molar-refractivity contribution >= 4 is 5.97 Å². The van der Waals surface area contributed by atoms with Crippen LogP contribution in [0.5, 0.6) is 0 Å². The Kier molecular flexibility index (Phi) is 4.57. The van der Waals surface area contributed by atoms with Gasteiger partial charge in [-0.3, -0.25) is 4.79 Å². The highest BCUT2D eigenvalue weighted by Gasteiger charge is 2.29. The molecule has 0 N–H and O–H groups in total. The van der Waals surface area contributed by atoms with Gasteiger partial charge in [0.15, 0.2) is 0 Å². The smallest absolute Gasteiger partial charge is 0.323 e. The average molecular weight is 211 g/mol. The maximum absolute atomic E-state index is 11.3. The zero-order valence-corrected chi connectivity index (χ0v) is 9.23. The molecule has 0 amide bonds. The van der Waals surface area contributed by atoms with Crippen molar-refractivity contribution < 1.29 is 14.3 Å². The van der Waals surface area contributed by atoms with Gasteiger partial charge in [-0.15, -0.1) is 0 Å². The first kappa shape index (κ1) is 12.0. The van der Waals surface area contributed by atoms with Gasteiger partial charge in [0.05, 0.1) is 24.9 Å². The third-order valence-electron chi connectivity index (χ3n) is 2.55. The van der Waals surface area contributed by atoms with Crippen LogP contribution in [-0.4, -0.2) is 24.8 Å². The Morgan fingerprint density at radius 2 is 2.40 bits per heavy atom. The Balaban J connectivity index is 2.40. The number of ether oxygens (including phenoxy) is 2. The van der Waals surface area contributed by atoms with Crippen LogP contribution in [0.1, 0.15) is 33.1 Å². The van der Waals surface area contributed by atoms with Crippen molar-refractivity contribution in [1.29, 1.82) is 5.26 Å². The zero-order valence-electron chi connectivity index (χ0n) is 9.23. The van der Waals surface area contributed by atoms with Gasteiger partial charge in [0.1, 0.15) is 5.92 Å². The van der Waals surface area contributed by atoms with E-state index in [0.717, 1.165) is 12.8 Å². The first-order chi connectivity index (χ1) is 7.17. The van der Waals surface area contributed by atoms with Crippen LogP contribution < -0.4 is 0 Å². The number of hydrogen-bond donors (Lipinski definition) is 0. The Morgan fingerprint density at radius 1 is 1.67 bits per heavy atom. The van der Waals surface area contributed by atoms with Crippen molar-refractivity contribution in [2.24, 2.45) is 5.92 Å². The second-order valence-electron chi connectivity index (χ2n) is 3.82. The minimum atomic E-state index is -0.680. The summed E-state index contributed by atoms with van der Waals surface area (Å²) in [5, 5.41) is 8.84. The number of hydrogen-bond acceptors (Lipinski definition) is 4. The van der Waals surface area contributed by atoms with E-state index in [9.17, 15) is 4.79 Å². The van der Waals surface area contributed by atoms with Gasteiger partial charge in [-0.1, -0.05) is 0 Å². The van der Waals surface area contributed by atoms with Crippen LogP contribution in [0.2, 0.25) is 0 Å². The summed E-state index contributed by atoms with van der Waals surface area (Å²) in [6.45, 7) is 4.06. The second kappa shape index (κ2) is 5.72. The predicted molar refractivity (Wildman–Crippen MR) is 53.9 cm³/mol. The molecule has 0 aromatic heterocycles. The summed E-state index contributed by atoms with van der Waals surface area (Å²) in [5.74, 6) is -1.11. The van der Waals surface area contributed by atoms with Crippen LogP contribution in [0.15, 0.2) is 0 Å². The molecular weight excluding hydrogens is 194 g/mol. The summed E-state index contributed by atoms with van der Waals surface area (Å²) in [5.41, 5.74) is 0. The lowest BCUT2D eigenvalue weighted by molar-refractivity contribution is -0.147. The van der Waals surface area contributed by atoms with Crippen molar-refractivity contribution in [2.75, 3.05) is 6.61 Å². The fourth-order valence-corrected chi connectivity index (χ4v) is 1.77. The SMILES string of the molecule is CCOC(=O)C(C#N)CC1CCC(C)O1. The quantitative estimate of drug-likeness (QED) is 0.663. The highest BCUT2D eigenvalue weighted by Crippen LogP contribution is 2.24. The van der Waals surface area contributed by atoms with Crippen LogP contribution in [0.3, 0.4) is 0 Å². The number of nitrogens with zero attached hydrogens (tertiary/aromatic N) is 1. The first-order valence-corrected chi connectivity index (χ1v) is 5.39. The van der Waals surface area contributed by atoms with E-state index >= 15 is 0 Å². The van der Waals surface area contributed by atoms with Gasteiger partial charge in [-0.25, -0.2) is 0 Å². The van der Waals surface area contributed by atoms with Crippen molar-refractivity contribution in [3.05, 3.63) is 0 Å². The van der Waals surface area contributed by atoms with Crippen LogP contribution in [-0.2, 0) is 14.3 Å². The van der Waals surface area contributed by atoms with Gasteiger partial charge in [0.25, 0.3) is 0 Å². The highest BCUT2D eigenvalue weighted by molar-refractivity contribution is 5.75. The predicted octanol–water partition coefficient (Wildman–Crippen LogP) is 1.65. The summed E-state index contributed by atoms with van der Waals surface area (Å²) in [6.07, 6.45) is 2.68. The minimum absolute atomic E-state index is 0.0362. The number of rotatable bonds is 4. The molecule has 1 aliphatic heterocycles. The summed E-state index contributed by atoms with van der Waals surface area (Å²) in [6, 6.07) is 1.97. The Hall–Kier alpha value is -1.08. The van der Waals surface area contributed by atoms with Gasteiger partial charge in [-0.05, 0) is 26.7 Å². The second-order valence-corrected chi connectivity index (χ2v) is 3.82. The Morgan fingerprint density at radius 3 is 2.87 bits per heavy atom. The summed E-state index contributed by atoms with van der Waals surface area (Å²) >= 11 is 0. The lowest BCUT2D eigenvalue weighted by atomic mass is 10.0. The van der Waals surface area contributed by atoms with E-state index in [4.69, 9.17) is 14.7 Å². The van der Waals surface area contributed by atoms with Gasteiger partial charge in [0.2, 0.25) is 0 Å². The molecule has 1 fully saturated rings. The average Bonchev–Trinajstić information content (AvgIpc) is 2.61. The normalized spacial score (nSPS) is 27.0. The third-order valence-corrected chi connectivity index (χ3v) is 2.55. The number of esters is 1. The topological polar surface area (TPSA) is 59.3 Å². The molecule has 4 heteroatoms. The first-order valence-electron chi connectivity index (χ1n) is 5.39. The molecule has 1 aliphatic rings. The van der Waals surface area contributed by atoms with Gasteiger partial charge in [-0.2, -0.15) is 5.26 Å². The van der Waals surface area contributed by atoms with Crippen molar-refractivity contribution in [3.8, 4) is 6.07 Å². The molecule has 84 valence electrons. The van der Waals surface area contributed by atoms with E-state index in [0.29, 0.717) is 13.0 Å². The molecule has 0 aliphatic carbocycles. The van der Waals surface area contributed by atoms with E-state index in [1.807, 2.05) is 13.0 Å². The van der Waals surface area contributed by atoms with Gasteiger partial charge in [0, 0.05) is 6.42 Å². The van der Waals surface area contributed by atoms with Gasteiger partial charge >= 0.3 is 5.97 Å². The van der Waals surface area contributed by atoms with Crippen molar-refractivity contribution in [3.63, 3.8) is 0 Å². The lowest BCUT2D eigenvalue weighted by Crippen LogP contribution is -2.22. The Bertz CT molecular complexity index is 259. The summed E-state index contributed by atoms with van der Waals surface area (Å²) in [4.78, 5) is 11.3. The fourth-order valence-electron chi connectivity index (χ4n) is 1.77. The molecule has 1 rings (SSSR count).